The van der Waals surface area contributed by atoms with Crippen LogP contribution in [-0.2, 0) is 14.8 Å². The SMILES string of the molecule is O=S(=O)(c1ccc(N=c2scc(-c3ccco3)n2N=Cc2ccc(O)cc2O)cc1)N1CCOCC1. The van der Waals surface area contributed by atoms with E-state index in [1.807, 2.05) is 5.38 Å². The molecule has 5 rings (SSSR count). The number of morpholine rings is 1. The molecule has 12 heteroatoms. The first kappa shape index (κ1) is 24.0. The number of hydrogen-bond donors (Lipinski definition) is 2. The average Bonchev–Trinajstić information content (AvgIpc) is 3.55. The summed E-state index contributed by atoms with van der Waals surface area (Å²) in [6.07, 6.45) is 3.00. The van der Waals surface area contributed by atoms with Crippen LogP contribution in [0.15, 0.2) is 85.6 Å². The molecule has 1 aliphatic rings. The fraction of sp³-hybridized carbons (Fsp3) is 0.167. The van der Waals surface area contributed by atoms with Gasteiger partial charge < -0.3 is 19.4 Å². The molecule has 2 aromatic carbocycles. The summed E-state index contributed by atoms with van der Waals surface area (Å²) in [6.45, 7) is 1.42. The highest BCUT2D eigenvalue weighted by molar-refractivity contribution is 7.89. The summed E-state index contributed by atoms with van der Waals surface area (Å²) in [4.78, 5) is 5.34. The number of phenols is 2. The summed E-state index contributed by atoms with van der Waals surface area (Å²) >= 11 is 1.32. The Morgan fingerprint density at radius 1 is 1.03 bits per heavy atom. The molecule has 1 aliphatic heterocycles. The van der Waals surface area contributed by atoms with E-state index < -0.39 is 10.0 Å². The number of rotatable bonds is 6. The van der Waals surface area contributed by atoms with E-state index in [1.54, 1.807) is 35.2 Å². The van der Waals surface area contributed by atoms with E-state index in [-0.39, 0.29) is 16.4 Å². The highest BCUT2D eigenvalue weighted by Crippen LogP contribution is 2.24. The predicted molar refractivity (Wildman–Crippen MR) is 134 cm³/mol. The number of sulfonamides is 1. The fourth-order valence-corrected chi connectivity index (χ4v) is 5.83. The maximum absolute atomic E-state index is 12.9. The van der Waals surface area contributed by atoms with Crippen LogP contribution < -0.4 is 4.80 Å². The van der Waals surface area contributed by atoms with Crippen LogP contribution in [0.3, 0.4) is 0 Å². The lowest BCUT2D eigenvalue weighted by atomic mass is 10.2. The van der Waals surface area contributed by atoms with Gasteiger partial charge in [0.25, 0.3) is 0 Å². The highest BCUT2D eigenvalue weighted by Gasteiger charge is 2.26. The molecule has 1 saturated heterocycles. The Hall–Kier alpha value is -3.71. The van der Waals surface area contributed by atoms with E-state index in [0.29, 0.717) is 53.8 Å². The molecule has 0 bridgehead atoms. The molecule has 186 valence electrons. The van der Waals surface area contributed by atoms with Crippen LogP contribution in [-0.4, -0.2) is 60.1 Å². The zero-order valence-electron chi connectivity index (χ0n) is 18.9. The van der Waals surface area contributed by atoms with Crippen LogP contribution in [0.1, 0.15) is 5.56 Å². The van der Waals surface area contributed by atoms with Gasteiger partial charge in [-0.3, -0.25) is 0 Å². The Morgan fingerprint density at radius 3 is 2.50 bits per heavy atom. The van der Waals surface area contributed by atoms with E-state index in [0.717, 1.165) is 0 Å². The number of ether oxygens (including phenoxy) is 1. The van der Waals surface area contributed by atoms with Gasteiger partial charge in [0.1, 0.15) is 17.2 Å². The Balaban J connectivity index is 1.50. The summed E-state index contributed by atoms with van der Waals surface area (Å²) in [6, 6.07) is 14.1. The number of phenolic OH excluding ortho intramolecular Hbond substituents is 2. The van der Waals surface area contributed by atoms with E-state index in [4.69, 9.17) is 9.15 Å². The first-order valence-corrected chi connectivity index (χ1v) is 13.3. The van der Waals surface area contributed by atoms with Gasteiger partial charge in [-0.2, -0.15) is 9.41 Å². The minimum Gasteiger partial charge on any atom is -0.508 e. The molecule has 10 nitrogen and oxygen atoms in total. The Labute approximate surface area is 210 Å². The lowest BCUT2D eigenvalue weighted by Crippen LogP contribution is -2.40. The zero-order valence-corrected chi connectivity index (χ0v) is 20.5. The van der Waals surface area contributed by atoms with Crippen molar-refractivity contribution < 1.29 is 27.8 Å². The van der Waals surface area contributed by atoms with E-state index in [9.17, 15) is 18.6 Å². The van der Waals surface area contributed by atoms with Gasteiger partial charge in [-0.05, 0) is 48.5 Å². The van der Waals surface area contributed by atoms with Crippen molar-refractivity contribution in [3.05, 3.63) is 76.6 Å². The summed E-state index contributed by atoms with van der Waals surface area (Å²) in [5, 5.41) is 26.0. The van der Waals surface area contributed by atoms with Crippen LogP contribution >= 0.6 is 11.3 Å². The van der Waals surface area contributed by atoms with Gasteiger partial charge in [-0.1, -0.05) is 0 Å². The zero-order chi connectivity index (χ0) is 25.1. The molecule has 0 spiro atoms. The van der Waals surface area contributed by atoms with Gasteiger partial charge >= 0.3 is 0 Å². The molecule has 3 heterocycles. The summed E-state index contributed by atoms with van der Waals surface area (Å²) in [7, 11) is -3.60. The van der Waals surface area contributed by atoms with Crippen LogP contribution in [0, 0.1) is 0 Å². The van der Waals surface area contributed by atoms with Crippen LogP contribution in [0.2, 0.25) is 0 Å². The van der Waals surface area contributed by atoms with Crippen molar-refractivity contribution in [3.63, 3.8) is 0 Å². The van der Waals surface area contributed by atoms with Crippen LogP contribution in [0.5, 0.6) is 11.5 Å². The smallest absolute Gasteiger partial charge is 0.243 e. The first-order chi connectivity index (χ1) is 17.4. The fourth-order valence-electron chi connectivity index (χ4n) is 3.58. The number of nitrogens with zero attached hydrogens (tertiary/aromatic N) is 4. The first-order valence-electron chi connectivity index (χ1n) is 11.0. The normalized spacial score (nSPS) is 15.6. The number of furan rings is 1. The summed E-state index contributed by atoms with van der Waals surface area (Å²) < 4.78 is 39.5. The van der Waals surface area contributed by atoms with Crippen molar-refractivity contribution in [1.82, 2.24) is 8.98 Å². The highest BCUT2D eigenvalue weighted by atomic mass is 32.2. The minimum atomic E-state index is -3.60. The van der Waals surface area contributed by atoms with Crippen molar-refractivity contribution in [2.24, 2.45) is 10.1 Å². The number of hydrogen-bond acceptors (Lipinski definition) is 9. The van der Waals surface area contributed by atoms with Gasteiger partial charge in [0.05, 0.1) is 36.3 Å². The largest absolute Gasteiger partial charge is 0.508 e. The van der Waals surface area contributed by atoms with E-state index >= 15 is 0 Å². The van der Waals surface area contributed by atoms with E-state index in [1.165, 1.54) is 52.2 Å². The second-order valence-electron chi connectivity index (χ2n) is 7.80. The maximum Gasteiger partial charge on any atom is 0.243 e. The van der Waals surface area contributed by atoms with Crippen LogP contribution in [0.25, 0.3) is 11.5 Å². The average molecular weight is 527 g/mol. The van der Waals surface area contributed by atoms with Gasteiger partial charge in [-0.25, -0.2) is 18.1 Å². The van der Waals surface area contributed by atoms with Gasteiger partial charge in [0.2, 0.25) is 14.8 Å². The van der Waals surface area contributed by atoms with Crippen molar-refractivity contribution in [2.45, 2.75) is 4.90 Å². The monoisotopic (exact) mass is 526 g/mol. The molecular weight excluding hydrogens is 504 g/mol. The van der Waals surface area contributed by atoms with E-state index in [2.05, 4.69) is 10.1 Å². The Bertz CT molecular complexity index is 1550. The Kier molecular flexibility index (Phi) is 6.74. The molecule has 0 aliphatic carbocycles. The predicted octanol–water partition coefficient (Wildman–Crippen LogP) is 3.36. The molecular formula is C24H22N4O6S2. The van der Waals surface area contributed by atoms with Crippen molar-refractivity contribution >= 4 is 33.3 Å². The third kappa shape index (κ3) is 4.97. The maximum atomic E-state index is 12.9. The number of aromatic nitrogens is 1. The second-order valence-corrected chi connectivity index (χ2v) is 10.6. The molecule has 36 heavy (non-hydrogen) atoms. The topological polar surface area (TPSA) is 130 Å². The molecule has 0 unspecified atom stereocenters. The van der Waals surface area contributed by atoms with Crippen molar-refractivity contribution in [3.8, 4) is 23.0 Å². The lowest BCUT2D eigenvalue weighted by Gasteiger charge is -2.26. The Morgan fingerprint density at radius 2 is 1.81 bits per heavy atom. The standard InChI is InChI=1S/C24H22N4O6S2/c29-19-6-3-17(22(30)14-19)15-25-28-21(23-2-1-11-34-23)16-35-24(28)26-18-4-7-20(8-5-18)36(31,32)27-9-12-33-13-10-27/h1-8,11,14-16,29-30H,9-10,12-13H2. The molecule has 4 aromatic rings. The molecule has 0 radical (unpaired) electrons. The summed E-state index contributed by atoms with van der Waals surface area (Å²) in [5.41, 5.74) is 1.59. The molecule has 0 atom stereocenters. The molecule has 0 saturated carbocycles. The second kappa shape index (κ2) is 10.1. The molecule has 0 amide bonds. The minimum absolute atomic E-state index is 0.0566. The third-order valence-corrected chi connectivity index (χ3v) is 8.18. The van der Waals surface area contributed by atoms with Crippen molar-refractivity contribution in [1.29, 1.82) is 0 Å². The number of benzene rings is 2. The van der Waals surface area contributed by atoms with Crippen LogP contribution in [0.4, 0.5) is 5.69 Å². The van der Waals surface area contributed by atoms with Crippen molar-refractivity contribution in [2.75, 3.05) is 26.3 Å². The lowest BCUT2D eigenvalue weighted by molar-refractivity contribution is 0.0730. The van der Waals surface area contributed by atoms with Gasteiger partial charge in [0, 0.05) is 30.1 Å². The van der Waals surface area contributed by atoms with Gasteiger partial charge in [-0.15, -0.1) is 11.3 Å². The number of thiazole rings is 1. The molecule has 1 fully saturated rings. The summed E-state index contributed by atoms with van der Waals surface area (Å²) in [5.74, 6) is 0.398. The van der Waals surface area contributed by atoms with Gasteiger partial charge in [0.15, 0.2) is 5.76 Å². The molecule has 2 N–H and O–H groups in total. The third-order valence-electron chi connectivity index (χ3n) is 5.45. The molecule has 2 aromatic heterocycles. The number of aromatic hydroxyl groups is 2. The quantitative estimate of drug-likeness (QED) is 0.371.